The second kappa shape index (κ2) is 9.08. The van der Waals surface area contributed by atoms with Gasteiger partial charge in [0.15, 0.2) is 0 Å². The lowest BCUT2D eigenvalue weighted by molar-refractivity contribution is 0.0695. The van der Waals surface area contributed by atoms with Crippen molar-refractivity contribution in [3.63, 3.8) is 0 Å². The molecule has 0 aliphatic rings. The van der Waals surface area contributed by atoms with Crippen molar-refractivity contribution in [3.05, 3.63) is 70.0 Å². The van der Waals surface area contributed by atoms with Crippen LogP contribution >= 0.6 is 0 Å². The predicted molar refractivity (Wildman–Crippen MR) is 108 cm³/mol. The van der Waals surface area contributed by atoms with Gasteiger partial charge in [0, 0.05) is 17.6 Å². The number of unbranched alkanes of at least 4 members (excludes halogenated alkanes) is 1. The van der Waals surface area contributed by atoms with E-state index in [0.29, 0.717) is 29.9 Å². The number of carboxylic acid groups (broad SMARTS) is 1. The number of pyridine rings is 1. The Labute approximate surface area is 162 Å². The fraction of sp³-hybridized carbons (Fsp3) is 0.273. The van der Waals surface area contributed by atoms with Crippen molar-refractivity contribution in [2.45, 2.75) is 26.2 Å². The van der Waals surface area contributed by atoms with Crippen LogP contribution in [0.15, 0.2) is 53.5 Å². The van der Waals surface area contributed by atoms with Crippen LogP contribution in [0.5, 0.6) is 11.5 Å². The number of fused-ring (bicyclic) bond motifs is 1. The highest BCUT2D eigenvalue weighted by Gasteiger charge is 2.14. The first kappa shape index (κ1) is 19.5. The molecule has 1 heterocycles. The molecular weight excluding hydrogens is 358 g/mol. The second-order valence-corrected chi connectivity index (χ2v) is 6.46. The van der Waals surface area contributed by atoms with E-state index < -0.39 is 11.4 Å². The minimum absolute atomic E-state index is 0.265. The molecule has 28 heavy (non-hydrogen) atoms. The standard InChI is InChI=1S/C22H23NO5/c1-2-3-7-15-12-17-19(23-14-18(21(17)24)22(25)26)13-20(15)28-11-10-27-16-8-5-4-6-9-16/h4-6,8-9,12-14H,2-3,7,10-11H2,1H3,(H,23,24)(H,25,26). The van der Waals surface area contributed by atoms with Gasteiger partial charge in [0.2, 0.25) is 5.43 Å². The average Bonchev–Trinajstić information content (AvgIpc) is 2.70. The number of hydrogen-bond acceptors (Lipinski definition) is 4. The van der Waals surface area contributed by atoms with Gasteiger partial charge >= 0.3 is 5.97 Å². The number of aromatic nitrogens is 1. The lowest BCUT2D eigenvalue weighted by Gasteiger charge is -2.14. The van der Waals surface area contributed by atoms with Crippen LogP contribution in [0.25, 0.3) is 10.9 Å². The van der Waals surface area contributed by atoms with E-state index in [4.69, 9.17) is 14.6 Å². The molecule has 3 rings (SSSR count). The van der Waals surface area contributed by atoms with Crippen LogP contribution in [0.2, 0.25) is 0 Å². The summed E-state index contributed by atoms with van der Waals surface area (Å²) in [5.74, 6) is 0.217. The van der Waals surface area contributed by atoms with Gasteiger partial charge < -0.3 is 19.6 Å². The van der Waals surface area contributed by atoms with Crippen LogP contribution in [0.1, 0.15) is 35.7 Å². The van der Waals surface area contributed by atoms with Crippen molar-refractivity contribution in [1.82, 2.24) is 4.98 Å². The quantitative estimate of drug-likeness (QED) is 0.547. The lowest BCUT2D eigenvalue weighted by atomic mass is 10.0. The van der Waals surface area contributed by atoms with Crippen molar-refractivity contribution in [3.8, 4) is 11.5 Å². The first-order chi connectivity index (χ1) is 13.6. The molecule has 146 valence electrons. The summed E-state index contributed by atoms with van der Waals surface area (Å²) in [6, 6.07) is 13.0. The van der Waals surface area contributed by atoms with Gasteiger partial charge in [-0.15, -0.1) is 0 Å². The third-order valence-electron chi connectivity index (χ3n) is 4.44. The van der Waals surface area contributed by atoms with E-state index in [1.54, 1.807) is 12.1 Å². The van der Waals surface area contributed by atoms with Crippen LogP contribution in [0.3, 0.4) is 0 Å². The number of H-pyrrole nitrogens is 1. The van der Waals surface area contributed by atoms with Crippen molar-refractivity contribution < 1.29 is 19.4 Å². The van der Waals surface area contributed by atoms with Gasteiger partial charge in [-0.3, -0.25) is 4.79 Å². The molecule has 0 aliphatic heterocycles. The van der Waals surface area contributed by atoms with E-state index in [9.17, 15) is 9.59 Å². The maximum atomic E-state index is 12.5. The zero-order valence-electron chi connectivity index (χ0n) is 15.7. The summed E-state index contributed by atoms with van der Waals surface area (Å²) in [7, 11) is 0. The highest BCUT2D eigenvalue weighted by Crippen LogP contribution is 2.25. The first-order valence-corrected chi connectivity index (χ1v) is 9.32. The summed E-state index contributed by atoms with van der Waals surface area (Å²) in [5.41, 5.74) is 0.688. The molecule has 0 atom stereocenters. The van der Waals surface area contributed by atoms with Gasteiger partial charge in [0.05, 0.1) is 5.52 Å². The predicted octanol–water partition coefficient (Wildman–Crippen LogP) is 4.03. The molecule has 0 aliphatic carbocycles. The average molecular weight is 381 g/mol. The minimum atomic E-state index is -1.24. The first-order valence-electron chi connectivity index (χ1n) is 9.32. The summed E-state index contributed by atoms with van der Waals surface area (Å²) >= 11 is 0. The molecule has 0 amide bonds. The number of hydrogen-bond donors (Lipinski definition) is 2. The monoisotopic (exact) mass is 381 g/mol. The van der Waals surface area contributed by atoms with Crippen LogP contribution in [0, 0.1) is 0 Å². The molecule has 0 unspecified atom stereocenters. The Morgan fingerprint density at radius 3 is 2.57 bits per heavy atom. The highest BCUT2D eigenvalue weighted by atomic mass is 16.5. The Hall–Kier alpha value is -3.28. The zero-order chi connectivity index (χ0) is 19.9. The van der Waals surface area contributed by atoms with Crippen molar-refractivity contribution in [1.29, 1.82) is 0 Å². The number of carbonyl (C=O) groups is 1. The Bertz CT molecular complexity index is 1010. The summed E-state index contributed by atoms with van der Waals surface area (Å²) < 4.78 is 11.6. The third-order valence-corrected chi connectivity index (χ3v) is 4.44. The largest absolute Gasteiger partial charge is 0.490 e. The van der Waals surface area contributed by atoms with Crippen LogP contribution in [-0.2, 0) is 6.42 Å². The molecular formula is C22H23NO5. The lowest BCUT2D eigenvalue weighted by Crippen LogP contribution is -2.16. The molecule has 0 saturated heterocycles. The van der Waals surface area contributed by atoms with Gasteiger partial charge in [0.1, 0.15) is 30.3 Å². The second-order valence-electron chi connectivity index (χ2n) is 6.46. The number of aryl methyl sites for hydroxylation is 1. The molecule has 3 aromatic rings. The summed E-state index contributed by atoms with van der Waals surface area (Å²) in [6.45, 7) is 2.84. The summed E-state index contributed by atoms with van der Waals surface area (Å²) in [5, 5.41) is 9.53. The molecule has 0 radical (unpaired) electrons. The fourth-order valence-electron chi connectivity index (χ4n) is 2.98. The Morgan fingerprint density at radius 1 is 1.11 bits per heavy atom. The highest BCUT2D eigenvalue weighted by molar-refractivity contribution is 5.92. The summed E-state index contributed by atoms with van der Waals surface area (Å²) in [4.78, 5) is 26.6. The van der Waals surface area contributed by atoms with Crippen LogP contribution < -0.4 is 14.9 Å². The van der Waals surface area contributed by atoms with Crippen molar-refractivity contribution in [2.24, 2.45) is 0 Å². The van der Waals surface area contributed by atoms with Gasteiger partial charge in [0.25, 0.3) is 0 Å². The molecule has 6 heteroatoms. The number of rotatable bonds is 9. The van der Waals surface area contributed by atoms with E-state index in [0.717, 1.165) is 30.6 Å². The van der Waals surface area contributed by atoms with E-state index in [2.05, 4.69) is 11.9 Å². The fourth-order valence-corrected chi connectivity index (χ4v) is 2.98. The number of para-hydroxylation sites is 1. The van der Waals surface area contributed by atoms with Crippen LogP contribution in [-0.4, -0.2) is 29.3 Å². The topological polar surface area (TPSA) is 88.6 Å². The van der Waals surface area contributed by atoms with E-state index in [1.165, 1.54) is 6.20 Å². The number of aromatic carboxylic acids is 1. The van der Waals surface area contributed by atoms with Crippen molar-refractivity contribution >= 4 is 16.9 Å². The molecule has 0 spiro atoms. The van der Waals surface area contributed by atoms with Crippen molar-refractivity contribution in [2.75, 3.05) is 13.2 Å². The summed E-state index contributed by atoms with van der Waals surface area (Å²) in [6.07, 6.45) is 3.91. The molecule has 0 saturated carbocycles. The van der Waals surface area contributed by atoms with E-state index >= 15 is 0 Å². The van der Waals surface area contributed by atoms with E-state index in [-0.39, 0.29) is 5.56 Å². The number of ether oxygens (including phenoxy) is 2. The molecule has 6 nitrogen and oxygen atoms in total. The van der Waals surface area contributed by atoms with Crippen LogP contribution in [0.4, 0.5) is 0 Å². The molecule has 2 aromatic carbocycles. The SMILES string of the molecule is CCCCc1cc2c(=O)c(C(=O)O)c[nH]c2cc1OCCOc1ccccc1. The Balaban J connectivity index is 1.82. The maximum absolute atomic E-state index is 12.5. The third kappa shape index (κ3) is 4.52. The van der Waals surface area contributed by atoms with Gasteiger partial charge in [-0.25, -0.2) is 4.79 Å². The molecule has 0 fully saturated rings. The number of benzene rings is 2. The Morgan fingerprint density at radius 2 is 1.86 bits per heavy atom. The molecule has 0 bridgehead atoms. The smallest absolute Gasteiger partial charge is 0.341 e. The van der Waals surface area contributed by atoms with Gasteiger partial charge in [-0.1, -0.05) is 31.5 Å². The van der Waals surface area contributed by atoms with E-state index in [1.807, 2.05) is 30.3 Å². The maximum Gasteiger partial charge on any atom is 0.341 e. The normalized spacial score (nSPS) is 10.8. The number of carboxylic acids is 1. The zero-order valence-corrected chi connectivity index (χ0v) is 15.7. The van der Waals surface area contributed by atoms with Gasteiger partial charge in [-0.05, 0) is 36.6 Å². The number of aromatic amines is 1. The molecule has 2 N–H and O–H groups in total. The van der Waals surface area contributed by atoms with Gasteiger partial charge in [-0.2, -0.15) is 0 Å². The number of nitrogens with one attached hydrogen (secondary N) is 1. The Kier molecular flexibility index (Phi) is 6.32. The molecule has 1 aromatic heterocycles. The minimum Gasteiger partial charge on any atom is -0.490 e.